The van der Waals surface area contributed by atoms with Gasteiger partial charge in [-0.15, -0.1) is 0 Å². The van der Waals surface area contributed by atoms with Crippen LogP contribution in [0.25, 0.3) is 0 Å². The van der Waals surface area contributed by atoms with Gasteiger partial charge in [0.1, 0.15) is 0 Å². The lowest BCUT2D eigenvalue weighted by atomic mass is 9.98. The highest BCUT2D eigenvalue weighted by Crippen LogP contribution is 2.20. The van der Waals surface area contributed by atoms with Gasteiger partial charge in [-0.2, -0.15) is 0 Å². The summed E-state index contributed by atoms with van der Waals surface area (Å²) in [5.74, 6) is -1.08. The van der Waals surface area contributed by atoms with Gasteiger partial charge in [0.25, 0.3) is 0 Å². The molecule has 0 saturated carbocycles. The van der Waals surface area contributed by atoms with Crippen LogP contribution in [-0.2, 0) is 14.3 Å². The number of rotatable bonds is 9. The van der Waals surface area contributed by atoms with Gasteiger partial charge >= 0.3 is 5.97 Å². The van der Waals surface area contributed by atoms with Crippen LogP contribution in [0.5, 0.6) is 0 Å². The zero-order valence-corrected chi connectivity index (χ0v) is 13.5. The van der Waals surface area contributed by atoms with Gasteiger partial charge in [0.05, 0.1) is 18.6 Å². The van der Waals surface area contributed by atoms with Crippen molar-refractivity contribution < 1.29 is 19.4 Å². The molecule has 2 N–H and O–H groups in total. The second-order valence-corrected chi connectivity index (χ2v) is 5.60. The van der Waals surface area contributed by atoms with Crippen molar-refractivity contribution in [3.63, 3.8) is 0 Å². The number of benzene rings is 1. The molecule has 0 bridgehead atoms. The van der Waals surface area contributed by atoms with Crippen LogP contribution in [-0.4, -0.2) is 29.7 Å². The second-order valence-electron chi connectivity index (χ2n) is 5.60. The van der Waals surface area contributed by atoms with E-state index < -0.39 is 12.0 Å². The van der Waals surface area contributed by atoms with Crippen molar-refractivity contribution in [3.8, 4) is 0 Å². The van der Waals surface area contributed by atoms with Gasteiger partial charge < -0.3 is 15.2 Å². The summed E-state index contributed by atoms with van der Waals surface area (Å²) in [6.45, 7) is 6.33. The molecule has 0 aliphatic carbocycles. The average Bonchev–Trinajstić information content (AvgIpc) is 2.43. The third-order valence-corrected chi connectivity index (χ3v) is 3.28. The van der Waals surface area contributed by atoms with E-state index in [-0.39, 0.29) is 18.4 Å². The van der Waals surface area contributed by atoms with E-state index in [9.17, 15) is 9.59 Å². The topological polar surface area (TPSA) is 75.6 Å². The SMILES string of the molecule is Cc1ccccc1C(CC(=O)O)NC(=O)CCCOC(C)C. The smallest absolute Gasteiger partial charge is 0.305 e. The first kappa shape index (κ1) is 18.2. The third kappa shape index (κ3) is 6.72. The molecule has 1 atom stereocenters. The van der Waals surface area contributed by atoms with Gasteiger partial charge in [0.2, 0.25) is 5.91 Å². The molecule has 1 unspecified atom stereocenters. The van der Waals surface area contributed by atoms with E-state index in [1.165, 1.54) is 0 Å². The van der Waals surface area contributed by atoms with E-state index in [0.29, 0.717) is 19.4 Å². The predicted molar refractivity (Wildman–Crippen MR) is 84.6 cm³/mol. The number of hydrogen-bond donors (Lipinski definition) is 2. The fourth-order valence-electron chi connectivity index (χ4n) is 2.21. The number of carbonyl (C=O) groups is 2. The number of aryl methyl sites for hydroxylation is 1. The summed E-state index contributed by atoms with van der Waals surface area (Å²) in [5, 5.41) is 11.9. The fraction of sp³-hybridized carbons (Fsp3) is 0.529. The number of ether oxygens (including phenoxy) is 1. The lowest BCUT2D eigenvalue weighted by molar-refractivity contribution is -0.137. The minimum absolute atomic E-state index is 0.126. The minimum Gasteiger partial charge on any atom is -0.481 e. The molecule has 0 aromatic heterocycles. The van der Waals surface area contributed by atoms with Crippen molar-refractivity contribution in [2.75, 3.05) is 6.61 Å². The number of carbonyl (C=O) groups excluding carboxylic acids is 1. The summed E-state index contributed by atoms with van der Waals surface area (Å²) < 4.78 is 5.39. The van der Waals surface area contributed by atoms with Crippen molar-refractivity contribution in [1.29, 1.82) is 0 Å². The van der Waals surface area contributed by atoms with E-state index in [4.69, 9.17) is 9.84 Å². The Balaban J connectivity index is 2.60. The summed E-state index contributed by atoms with van der Waals surface area (Å²) in [6.07, 6.45) is 0.973. The molecule has 5 heteroatoms. The van der Waals surface area contributed by atoms with E-state index in [2.05, 4.69) is 5.32 Å². The highest BCUT2D eigenvalue weighted by Gasteiger charge is 2.19. The lowest BCUT2D eigenvalue weighted by Gasteiger charge is -2.19. The summed E-state index contributed by atoms with van der Waals surface area (Å²) in [5.41, 5.74) is 1.81. The van der Waals surface area contributed by atoms with Gasteiger partial charge in [-0.3, -0.25) is 9.59 Å². The Hall–Kier alpha value is -1.88. The van der Waals surface area contributed by atoms with Crippen LogP contribution in [0.2, 0.25) is 0 Å². The third-order valence-electron chi connectivity index (χ3n) is 3.28. The molecule has 1 amide bonds. The molecule has 0 aliphatic heterocycles. The van der Waals surface area contributed by atoms with Crippen molar-refractivity contribution >= 4 is 11.9 Å². The number of nitrogens with one attached hydrogen (secondary N) is 1. The van der Waals surface area contributed by atoms with E-state index in [1.54, 1.807) is 0 Å². The Morgan fingerprint density at radius 2 is 1.95 bits per heavy atom. The average molecular weight is 307 g/mol. The number of amides is 1. The summed E-state index contributed by atoms with van der Waals surface area (Å²) in [7, 11) is 0. The van der Waals surface area contributed by atoms with Crippen molar-refractivity contribution in [3.05, 3.63) is 35.4 Å². The Bertz CT molecular complexity index is 499. The molecule has 122 valence electrons. The van der Waals surface area contributed by atoms with Gasteiger partial charge in [-0.05, 0) is 38.3 Å². The minimum atomic E-state index is -0.934. The van der Waals surface area contributed by atoms with Crippen LogP contribution in [0.1, 0.15) is 50.3 Å². The molecule has 1 aromatic carbocycles. The Morgan fingerprint density at radius 1 is 1.27 bits per heavy atom. The van der Waals surface area contributed by atoms with E-state index in [0.717, 1.165) is 11.1 Å². The first-order valence-corrected chi connectivity index (χ1v) is 7.58. The molecule has 1 rings (SSSR count). The molecular weight excluding hydrogens is 282 g/mol. The zero-order chi connectivity index (χ0) is 16.5. The maximum Gasteiger partial charge on any atom is 0.305 e. The highest BCUT2D eigenvalue weighted by atomic mass is 16.5. The molecule has 0 radical (unpaired) electrons. The first-order valence-electron chi connectivity index (χ1n) is 7.58. The van der Waals surface area contributed by atoms with Crippen LogP contribution >= 0.6 is 0 Å². The molecule has 1 aromatic rings. The largest absolute Gasteiger partial charge is 0.481 e. The zero-order valence-electron chi connectivity index (χ0n) is 13.5. The van der Waals surface area contributed by atoms with Crippen LogP contribution in [0.15, 0.2) is 24.3 Å². The maximum absolute atomic E-state index is 12.0. The van der Waals surface area contributed by atoms with Gasteiger partial charge in [0, 0.05) is 13.0 Å². The normalized spacial score (nSPS) is 12.2. The molecular formula is C17H25NO4. The molecule has 0 fully saturated rings. The van der Waals surface area contributed by atoms with Crippen molar-refractivity contribution in [2.45, 2.75) is 52.2 Å². The number of aliphatic carboxylic acids is 1. The molecule has 0 aliphatic rings. The number of carboxylic acid groups (broad SMARTS) is 1. The summed E-state index contributed by atoms with van der Waals surface area (Å²) in [6, 6.07) is 7.00. The number of hydrogen-bond acceptors (Lipinski definition) is 3. The van der Waals surface area contributed by atoms with Crippen LogP contribution < -0.4 is 5.32 Å². The van der Waals surface area contributed by atoms with Gasteiger partial charge in [-0.1, -0.05) is 24.3 Å². The first-order chi connectivity index (χ1) is 10.4. The van der Waals surface area contributed by atoms with Gasteiger partial charge in [0.15, 0.2) is 0 Å². The molecule has 5 nitrogen and oxygen atoms in total. The van der Waals surface area contributed by atoms with Crippen molar-refractivity contribution in [2.24, 2.45) is 0 Å². The summed E-state index contributed by atoms with van der Waals surface area (Å²) in [4.78, 5) is 23.0. The highest BCUT2D eigenvalue weighted by molar-refractivity contribution is 5.77. The molecule has 0 heterocycles. The Morgan fingerprint density at radius 3 is 2.55 bits per heavy atom. The van der Waals surface area contributed by atoms with E-state index in [1.807, 2.05) is 45.0 Å². The summed E-state index contributed by atoms with van der Waals surface area (Å²) >= 11 is 0. The van der Waals surface area contributed by atoms with Crippen LogP contribution in [0, 0.1) is 6.92 Å². The molecule has 0 spiro atoms. The van der Waals surface area contributed by atoms with E-state index >= 15 is 0 Å². The molecule has 0 saturated heterocycles. The Labute approximate surface area is 131 Å². The van der Waals surface area contributed by atoms with Gasteiger partial charge in [-0.25, -0.2) is 0 Å². The van der Waals surface area contributed by atoms with Crippen LogP contribution in [0.4, 0.5) is 0 Å². The Kier molecular flexibility index (Phi) is 7.60. The second kappa shape index (κ2) is 9.20. The fourth-order valence-corrected chi connectivity index (χ4v) is 2.21. The maximum atomic E-state index is 12.0. The number of carboxylic acids is 1. The monoisotopic (exact) mass is 307 g/mol. The molecule has 22 heavy (non-hydrogen) atoms. The van der Waals surface area contributed by atoms with Crippen LogP contribution in [0.3, 0.4) is 0 Å². The van der Waals surface area contributed by atoms with Crippen molar-refractivity contribution in [1.82, 2.24) is 5.32 Å². The lowest BCUT2D eigenvalue weighted by Crippen LogP contribution is -2.30. The standard InChI is InChI=1S/C17H25NO4/c1-12(2)22-10-6-9-16(19)18-15(11-17(20)21)14-8-5-4-7-13(14)3/h4-5,7-8,12,15H,6,9-11H2,1-3H3,(H,18,19)(H,20,21). The predicted octanol–water partition coefficient (Wildman–Crippen LogP) is 2.83. The quantitative estimate of drug-likeness (QED) is 0.688.